The van der Waals surface area contributed by atoms with Crippen LogP contribution in [0.1, 0.15) is 5.56 Å². The smallest absolute Gasteiger partial charge is 0.254 e. The van der Waals surface area contributed by atoms with Gasteiger partial charge in [0.1, 0.15) is 0 Å². The summed E-state index contributed by atoms with van der Waals surface area (Å²) in [5.41, 5.74) is 1.72. The molecule has 0 spiro atoms. The number of amides is 1. The van der Waals surface area contributed by atoms with E-state index in [2.05, 4.69) is 22.9 Å². The molecule has 24 heavy (non-hydrogen) atoms. The maximum atomic E-state index is 12.3. The molecule has 1 aliphatic heterocycles. The van der Waals surface area contributed by atoms with Crippen LogP contribution < -0.4 is 15.8 Å². The van der Waals surface area contributed by atoms with Gasteiger partial charge in [0, 0.05) is 25.0 Å². The molecule has 1 saturated heterocycles. The van der Waals surface area contributed by atoms with Crippen molar-refractivity contribution in [3.8, 4) is 6.07 Å². The number of aromatic nitrogens is 1. The van der Waals surface area contributed by atoms with Gasteiger partial charge in [-0.3, -0.25) is 9.59 Å². The first-order chi connectivity index (χ1) is 11.7. The molecule has 1 aromatic heterocycles. The molecule has 0 radical (unpaired) electrons. The Morgan fingerprint density at radius 3 is 2.92 bits per heavy atom. The van der Waals surface area contributed by atoms with Crippen LogP contribution in [0, 0.1) is 17.2 Å². The van der Waals surface area contributed by atoms with Gasteiger partial charge in [0.25, 0.3) is 5.56 Å². The van der Waals surface area contributed by atoms with Crippen LogP contribution in [0.15, 0.2) is 41.7 Å². The highest BCUT2D eigenvalue weighted by atomic mass is 16.2. The molecule has 0 aliphatic carbocycles. The van der Waals surface area contributed by atoms with Crippen molar-refractivity contribution < 1.29 is 4.79 Å². The summed E-state index contributed by atoms with van der Waals surface area (Å²) in [6, 6.07) is 9.57. The molecule has 1 aliphatic rings. The van der Waals surface area contributed by atoms with Crippen molar-refractivity contribution in [3.63, 3.8) is 0 Å². The van der Waals surface area contributed by atoms with Gasteiger partial charge in [0.2, 0.25) is 5.91 Å². The first-order valence-corrected chi connectivity index (χ1v) is 7.80. The van der Waals surface area contributed by atoms with Crippen LogP contribution in [-0.4, -0.2) is 30.5 Å². The summed E-state index contributed by atoms with van der Waals surface area (Å²) in [4.78, 5) is 29.1. The Balaban J connectivity index is 1.94. The molecule has 3 rings (SSSR count). The van der Waals surface area contributed by atoms with Gasteiger partial charge in [-0.25, -0.2) is 0 Å². The first-order valence-electron chi connectivity index (χ1n) is 7.80. The third-order valence-electron chi connectivity index (χ3n) is 4.24. The number of nitriles is 1. The highest BCUT2D eigenvalue weighted by Crippen LogP contribution is 2.33. The summed E-state index contributed by atoms with van der Waals surface area (Å²) in [7, 11) is 0. The van der Waals surface area contributed by atoms with Gasteiger partial charge >= 0.3 is 0 Å². The average Bonchev–Trinajstić information content (AvgIpc) is 2.54. The summed E-state index contributed by atoms with van der Waals surface area (Å²) in [6.45, 7) is 5.10. The largest absolute Gasteiger partial charge is 0.369 e. The highest BCUT2D eigenvalue weighted by Gasteiger charge is 2.34. The Morgan fingerprint density at radius 2 is 2.21 bits per heavy atom. The molecule has 2 aromatic rings. The topological polar surface area (TPSA) is 89.0 Å². The lowest BCUT2D eigenvalue weighted by atomic mass is 9.95. The number of carbonyl (C=O) groups is 1. The van der Waals surface area contributed by atoms with Crippen molar-refractivity contribution in [2.24, 2.45) is 5.92 Å². The number of hydrogen-bond acceptors (Lipinski definition) is 4. The van der Waals surface area contributed by atoms with Crippen LogP contribution in [-0.2, 0) is 11.2 Å². The fourth-order valence-electron chi connectivity index (χ4n) is 3.01. The standard InChI is InChI=1S/C18H18N4O2/c1-2-9-20-17(23)12-10-22(11-12)16-13-5-3-4-6-15(13)21-18(24)14(16)7-8-19/h2-6,12H,1,7,9-11H2,(H,20,23)(H,21,24). The van der Waals surface area contributed by atoms with E-state index in [1.807, 2.05) is 29.2 Å². The second-order valence-corrected chi connectivity index (χ2v) is 5.80. The number of benzene rings is 1. The van der Waals surface area contributed by atoms with Crippen LogP contribution >= 0.6 is 0 Å². The molecule has 6 heteroatoms. The van der Waals surface area contributed by atoms with E-state index in [1.54, 1.807) is 6.08 Å². The molecule has 6 nitrogen and oxygen atoms in total. The fourth-order valence-corrected chi connectivity index (χ4v) is 3.01. The van der Waals surface area contributed by atoms with Gasteiger partial charge in [-0.1, -0.05) is 24.3 Å². The molecule has 2 heterocycles. The number of rotatable bonds is 5. The van der Waals surface area contributed by atoms with E-state index >= 15 is 0 Å². The summed E-state index contributed by atoms with van der Waals surface area (Å²) in [6.07, 6.45) is 1.68. The molecule has 1 fully saturated rings. The van der Waals surface area contributed by atoms with E-state index in [0.717, 1.165) is 16.6 Å². The van der Waals surface area contributed by atoms with Crippen LogP contribution in [0.3, 0.4) is 0 Å². The second kappa shape index (κ2) is 6.59. The van der Waals surface area contributed by atoms with Crippen LogP contribution in [0.4, 0.5) is 5.69 Å². The SMILES string of the molecule is C=CCNC(=O)C1CN(c2c(CC#N)c(=O)[nH]c3ccccc23)C1. The number of pyridine rings is 1. The number of hydrogen-bond donors (Lipinski definition) is 2. The Hall–Kier alpha value is -3.07. The lowest BCUT2D eigenvalue weighted by Crippen LogP contribution is -2.54. The Kier molecular flexibility index (Phi) is 4.34. The van der Waals surface area contributed by atoms with E-state index in [-0.39, 0.29) is 23.8 Å². The Bertz CT molecular complexity index is 888. The number of nitrogens with zero attached hydrogens (tertiary/aromatic N) is 2. The summed E-state index contributed by atoms with van der Waals surface area (Å²) in [5, 5.41) is 12.7. The lowest BCUT2D eigenvalue weighted by Gasteiger charge is -2.41. The third-order valence-corrected chi connectivity index (χ3v) is 4.24. The molecule has 2 N–H and O–H groups in total. The van der Waals surface area contributed by atoms with Crippen LogP contribution in [0.5, 0.6) is 0 Å². The van der Waals surface area contributed by atoms with Crippen LogP contribution in [0.2, 0.25) is 0 Å². The van der Waals surface area contributed by atoms with Crippen molar-refractivity contribution in [2.75, 3.05) is 24.5 Å². The minimum Gasteiger partial charge on any atom is -0.369 e. The van der Waals surface area contributed by atoms with Gasteiger partial charge < -0.3 is 15.2 Å². The van der Waals surface area contributed by atoms with E-state index in [1.165, 1.54) is 0 Å². The van der Waals surface area contributed by atoms with E-state index in [0.29, 0.717) is 25.2 Å². The summed E-state index contributed by atoms with van der Waals surface area (Å²) < 4.78 is 0. The highest BCUT2D eigenvalue weighted by molar-refractivity contribution is 5.95. The zero-order valence-corrected chi connectivity index (χ0v) is 13.2. The van der Waals surface area contributed by atoms with Gasteiger partial charge in [0.15, 0.2) is 0 Å². The predicted molar refractivity (Wildman–Crippen MR) is 92.8 cm³/mol. The maximum absolute atomic E-state index is 12.3. The van der Waals surface area contributed by atoms with Gasteiger partial charge in [-0.05, 0) is 6.07 Å². The molecule has 0 atom stereocenters. The zero-order valence-electron chi connectivity index (χ0n) is 13.2. The molecule has 0 saturated carbocycles. The van der Waals surface area contributed by atoms with Crippen molar-refractivity contribution in [1.29, 1.82) is 5.26 Å². The van der Waals surface area contributed by atoms with Gasteiger partial charge in [-0.15, -0.1) is 6.58 Å². The lowest BCUT2D eigenvalue weighted by molar-refractivity contribution is -0.125. The zero-order chi connectivity index (χ0) is 17.1. The third kappa shape index (κ3) is 2.76. The molecular formula is C18H18N4O2. The van der Waals surface area contributed by atoms with Crippen LogP contribution in [0.25, 0.3) is 10.9 Å². The maximum Gasteiger partial charge on any atom is 0.254 e. The molecule has 0 bridgehead atoms. The summed E-state index contributed by atoms with van der Waals surface area (Å²) >= 11 is 0. The number of H-pyrrole nitrogens is 1. The fraction of sp³-hybridized carbons (Fsp3) is 0.278. The predicted octanol–water partition coefficient (Wildman–Crippen LogP) is 1.33. The van der Waals surface area contributed by atoms with Gasteiger partial charge in [0.05, 0.1) is 35.2 Å². The van der Waals surface area contributed by atoms with Crippen molar-refractivity contribution >= 4 is 22.5 Å². The van der Waals surface area contributed by atoms with E-state index in [9.17, 15) is 9.59 Å². The number of aromatic amines is 1. The summed E-state index contributed by atoms with van der Waals surface area (Å²) in [5.74, 6) is -0.125. The number of anilines is 1. The van der Waals surface area contributed by atoms with E-state index in [4.69, 9.17) is 5.26 Å². The monoisotopic (exact) mass is 322 g/mol. The van der Waals surface area contributed by atoms with Gasteiger partial charge in [-0.2, -0.15) is 5.26 Å². The Morgan fingerprint density at radius 1 is 1.46 bits per heavy atom. The average molecular weight is 322 g/mol. The quantitative estimate of drug-likeness (QED) is 0.813. The number of para-hydroxylation sites is 1. The number of carbonyl (C=O) groups excluding carboxylic acids is 1. The van der Waals surface area contributed by atoms with Crippen molar-refractivity contribution in [1.82, 2.24) is 10.3 Å². The number of fused-ring (bicyclic) bond motifs is 1. The van der Waals surface area contributed by atoms with Crippen molar-refractivity contribution in [3.05, 3.63) is 52.8 Å². The number of nitrogens with one attached hydrogen (secondary N) is 2. The minimum absolute atomic E-state index is 0.0119. The molecular weight excluding hydrogens is 304 g/mol. The molecule has 122 valence electrons. The molecule has 1 aromatic carbocycles. The Labute approximate surface area is 139 Å². The van der Waals surface area contributed by atoms with E-state index < -0.39 is 0 Å². The first kappa shape index (κ1) is 15.8. The molecule has 1 amide bonds. The second-order valence-electron chi connectivity index (χ2n) is 5.80. The molecule has 0 unspecified atom stereocenters. The normalized spacial score (nSPS) is 14.0. The minimum atomic E-state index is -0.246. The van der Waals surface area contributed by atoms with Crippen molar-refractivity contribution in [2.45, 2.75) is 6.42 Å².